The van der Waals surface area contributed by atoms with Crippen molar-refractivity contribution in [2.75, 3.05) is 5.75 Å². The van der Waals surface area contributed by atoms with E-state index in [0.29, 0.717) is 5.25 Å². The maximum Gasteiger partial charge on any atom is 0.328 e. The van der Waals surface area contributed by atoms with Gasteiger partial charge in [0.25, 0.3) is 0 Å². The molecule has 0 spiro atoms. The van der Waals surface area contributed by atoms with Crippen molar-refractivity contribution in [1.29, 1.82) is 0 Å². The zero-order valence-corrected chi connectivity index (χ0v) is 7.73. The van der Waals surface area contributed by atoms with Crippen molar-refractivity contribution in [3.63, 3.8) is 0 Å². The third-order valence-electron chi connectivity index (χ3n) is 1.31. The highest BCUT2D eigenvalue weighted by Gasteiger charge is 1.95. The quantitative estimate of drug-likeness (QED) is 0.649. The van der Waals surface area contributed by atoms with E-state index in [0.717, 1.165) is 12.2 Å². The summed E-state index contributed by atoms with van der Waals surface area (Å²) in [5.41, 5.74) is 0. The summed E-state index contributed by atoms with van der Waals surface area (Å²) in [5, 5.41) is 8.86. The fourth-order valence-electron chi connectivity index (χ4n) is 0.487. The van der Waals surface area contributed by atoms with Crippen LogP contribution in [0, 0.1) is 0 Å². The predicted molar refractivity (Wildman–Crippen MR) is 49.0 cm³/mol. The van der Waals surface area contributed by atoms with Crippen molar-refractivity contribution in [2.24, 2.45) is 0 Å². The molecule has 64 valence electrons. The van der Waals surface area contributed by atoms with E-state index in [1.54, 1.807) is 17.8 Å². The number of rotatable bonds is 5. The Morgan fingerprint density at radius 3 is 2.82 bits per heavy atom. The smallest absolute Gasteiger partial charge is 0.328 e. The zero-order chi connectivity index (χ0) is 8.69. The van der Waals surface area contributed by atoms with Crippen LogP contribution >= 0.6 is 11.8 Å². The molecule has 1 unspecified atom stereocenters. The van der Waals surface area contributed by atoms with E-state index in [-0.39, 0.29) is 0 Å². The number of hydrogen-bond acceptors (Lipinski definition) is 2. The van der Waals surface area contributed by atoms with Crippen molar-refractivity contribution >= 4 is 17.7 Å². The minimum absolute atomic E-state index is 0.619. The minimum atomic E-state index is -0.866. The highest BCUT2D eigenvalue weighted by Crippen LogP contribution is 2.12. The molecular formula is C8H14O2S. The second kappa shape index (κ2) is 6.28. The molecule has 1 N–H and O–H groups in total. The summed E-state index contributed by atoms with van der Waals surface area (Å²) < 4.78 is 0. The topological polar surface area (TPSA) is 37.3 Å². The number of thioether (sulfide) groups is 1. The second-order valence-electron chi connectivity index (χ2n) is 2.29. The molecule has 0 rings (SSSR count). The lowest BCUT2D eigenvalue weighted by Crippen LogP contribution is -1.93. The fraction of sp³-hybridized carbons (Fsp3) is 0.625. The summed E-state index contributed by atoms with van der Waals surface area (Å²) in [6.07, 6.45) is 4.00. The van der Waals surface area contributed by atoms with Crippen LogP contribution in [0.25, 0.3) is 0 Å². The van der Waals surface area contributed by atoms with Crippen LogP contribution in [-0.4, -0.2) is 22.1 Å². The highest BCUT2D eigenvalue weighted by molar-refractivity contribution is 8.00. The molecule has 0 aromatic heterocycles. The van der Waals surface area contributed by atoms with E-state index in [1.807, 2.05) is 0 Å². The van der Waals surface area contributed by atoms with Crippen LogP contribution in [0.5, 0.6) is 0 Å². The molecule has 0 bridgehead atoms. The van der Waals surface area contributed by atoms with Gasteiger partial charge < -0.3 is 5.11 Å². The second-order valence-corrected chi connectivity index (χ2v) is 3.76. The Kier molecular flexibility index (Phi) is 6.03. The van der Waals surface area contributed by atoms with Crippen molar-refractivity contribution in [2.45, 2.75) is 25.5 Å². The van der Waals surface area contributed by atoms with Gasteiger partial charge in [-0.3, -0.25) is 0 Å². The van der Waals surface area contributed by atoms with Crippen LogP contribution in [0.2, 0.25) is 0 Å². The molecule has 0 saturated heterocycles. The van der Waals surface area contributed by atoms with Crippen molar-refractivity contribution in [1.82, 2.24) is 0 Å². The summed E-state index contributed by atoms with van der Waals surface area (Å²) in [7, 11) is 0. The number of aliphatic carboxylic acids is 1. The van der Waals surface area contributed by atoms with Crippen molar-refractivity contribution in [3.05, 3.63) is 12.2 Å². The van der Waals surface area contributed by atoms with Gasteiger partial charge in [-0.1, -0.05) is 19.9 Å². The van der Waals surface area contributed by atoms with E-state index in [9.17, 15) is 4.79 Å². The van der Waals surface area contributed by atoms with Gasteiger partial charge in [0.15, 0.2) is 0 Å². The van der Waals surface area contributed by atoms with Crippen LogP contribution in [-0.2, 0) is 4.79 Å². The molecule has 1 atom stereocenters. The van der Waals surface area contributed by atoms with E-state index >= 15 is 0 Å². The predicted octanol–water partition coefficient (Wildman–Crippen LogP) is 2.16. The molecule has 0 aliphatic heterocycles. The molecule has 0 aliphatic carbocycles. The first-order valence-electron chi connectivity index (χ1n) is 3.68. The Bertz CT molecular complexity index is 143. The van der Waals surface area contributed by atoms with Crippen LogP contribution < -0.4 is 0 Å². The largest absolute Gasteiger partial charge is 0.478 e. The van der Waals surface area contributed by atoms with Crippen LogP contribution in [0.3, 0.4) is 0 Å². The molecule has 0 aliphatic rings. The molecule has 0 fully saturated rings. The van der Waals surface area contributed by atoms with Gasteiger partial charge in [-0.15, -0.1) is 0 Å². The number of hydrogen-bond donors (Lipinski definition) is 1. The molecule has 2 nitrogen and oxygen atoms in total. The maximum absolute atomic E-state index is 10.0. The van der Waals surface area contributed by atoms with Gasteiger partial charge >= 0.3 is 5.97 Å². The van der Waals surface area contributed by atoms with E-state index in [2.05, 4.69) is 13.8 Å². The standard InChI is InChI=1S/C8H14O2S/c1-3-7(2)11-6-4-5-8(9)10/h4-5,7H,3,6H2,1-2H3,(H,9,10)/b5-4+. The first-order chi connectivity index (χ1) is 5.16. The van der Waals surface area contributed by atoms with Crippen LogP contribution in [0.1, 0.15) is 20.3 Å². The van der Waals surface area contributed by atoms with E-state index in [4.69, 9.17) is 5.11 Å². The monoisotopic (exact) mass is 174 g/mol. The van der Waals surface area contributed by atoms with Gasteiger partial charge in [0.1, 0.15) is 0 Å². The van der Waals surface area contributed by atoms with Gasteiger partial charge in [0.05, 0.1) is 0 Å². The normalized spacial score (nSPS) is 13.6. The lowest BCUT2D eigenvalue weighted by Gasteiger charge is -2.03. The molecule has 0 aromatic rings. The third kappa shape index (κ3) is 7.46. The highest BCUT2D eigenvalue weighted by atomic mass is 32.2. The SMILES string of the molecule is CCC(C)SC/C=C/C(=O)O. The number of carboxylic acid groups (broad SMARTS) is 1. The van der Waals surface area contributed by atoms with Gasteiger partial charge in [-0.05, 0) is 6.42 Å². The third-order valence-corrected chi connectivity index (χ3v) is 2.60. The lowest BCUT2D eigenvalue weighted by molar-refractivity contribution is -0.131. The van der Waals surface area contributed by atoms with Crippen molar-refractivity contribution < 1.29 is 9.90 Å². The molecular weight excluding hydrogens is 160 g/mol. The van der Waals surface area contributed by atoms with E-state index in [1.165, 1.54) is 6.08 Å². The Balaban J connectivity index is 3.33. The first kappa shape index (κ1) is 10.6. The zero-order valence-electron chi connectivity index (χ0n) is 6.91. The first-order valence-corrected chi connectivity index (χ1v) is 4.72. The minimum Gasteiger partial charge on any atom is -0.478 e. The maximum atomic E-state index is 10.0. The Morgan fingerprint density at radius 1 is 1.73 bits per heavy atom. The van der Waals surface area contributed by atoms with Gasteiger partial charge in [-0.2, -0.15) is 11.8 Å². The van der Waals surface area contributed by atoms with Gasteiger partial charge in [0.2, 0.25) is 0 Å². The summed E-state index contributed by atoms with van der Waals surface area (Å²) in [4.78, 5) is 10.0. The van der Waals surface area contributed by atoms with Crippen molar-refractivity contribution in [3.8, 4) is 0 Å². The Morgan fingerprint density at radius 2 is 2.36 bits per heavy atom. The summed E-state index contributed by atoms with van der Waals surface area (Å²) in [6, 6.07) is 0. The average Bonchev–Trinajstić information content (AvgIpc) is 1.97. The summed E-state index contributed by atoms with van der Waals surface area (Å²) >= 11 is 1.77. The van der Waals surface area contributed by atoms with Crippen LogP contribution in [0.15, 0.2) is 12.2 Å². The number of carboxylic acids is 1. The van der Waals surface area contributed by atoms with E-state index < -0.39 is 5.97 Å². The van der Waals surface area contributed by atoms with Gasteiger partial charge in [0, 0.05) is 17.1 Å². The molecule has 11 heavy (non-hydrogen) atoms. The molecule has 0 heterocycles. The van der Waals surface area contributed by atoms with Gasteiger partial charge in [-0.25, -0.2) is 4.79 Å². The summed E-state index contributed by atoms with van der Waals surface area (Å²) in [5.74, 6) is -0.0730. The molecule has 0 radical (unpaired) electrons. The molecule has 0 aromatic carbocycles. The molecule has 0 saturated carbocycles. The van der Waals surface area contributed by atoms with Crippen LogP contribution in [0.4, 0.5) is 0 Å². The fourth-order valence-corrected chi connectivity index (χ4v) is 1.26. The Hall–Kier alpha value is -0.440. The Labute approximate surface area is 71.7 Å². The summed E-state index contributed by atoms with van der Waals surface area (Å²) in [6.45, 7) is 4.26. The average molecular weight is 174 g/mol. The molecule has 0 amide bonds. The molecule has 3 heteroatoms. The lowest BCUT2D eigenvalue weighted by atomic mass is 10.4. The number of carbonyl (C=O) groups is 1.